The third-order valence-corrected chi connectivity index (χ3v) is 9.48. The second-order valence-corrected chi connectivity index (χ2v) is 12.0. The molecule has 2 aromatic heterocycles. The molecule has 0 spiro atoms. The molecule has 198 valence electrons. The van der Waals surface area contributed by atoms with Crippen LogP contribution in [0.5, 0.6) is 0 Å². The van der Waals surface area contributed by atoms with Gasteiger partial charge in [0, 0.05) is 34.7 Å². The molecule has 10 nitrogen and oxygen atoms in total. The van der Waals surface area contributed by atoms with Gasteiger partial charge in [-0.2, -0.15) is 4.31 Å². The van der Waals surface area contributed by atoms with Crippen molar-refractivity contribution in [3.05, 3.63) is 53.8 Å². The van der Waals surface area contributed by atoms with E-state index >= 15 is 0 Å². The van der Waals surface area contributed by atoms with Gasteiger partial charge in [0.05, 0.1) is 44.3 Å². The van der Waals surface area contributed by atoms with E-state index in [1.807, 2.05) is 18.2 Å². The van der Waals surface area contributed by atoms with Gasteiger partial charge in [-0.15, -0.1) is 0 Å². The summed E-state index contributed by atoms with van der Waals surface area (Å²) in [7, 11) is -3.53. The number of anilines is 2. The van der Waals surface area contributed by atoms with E-state index in [4.69, 9.17) is 28.6 Å². The molecule has 0 saturated carbocycles. The second kappa shape index (κ2) is 10.3. The number of morpholine rings is 1. The van der Waals surface area contributed by atoms with Crippen molar-refractivity contribution in [2.45, 2.75) is 4.90 Å². The normalized spacial score (nSPS) is 17.3. The lowest BCUT2D eigenvalue weighted by Crippen LogP contribution is -2.51. The number of aromatic amines is 2. The van der Waals surface area contributed by atoms with Crippen LogP contribution in [0.15, 0.2) is 53.7 Å². The maximum absolute atomic E-state index is 12.9. The molecule has 4 aromatic rings. The molecule has 2 saturated heterocycles. The quantitative estimate of drug-likeness (QED) is 0.360. The van der Waals surface area contributed by atoms with Crippen LogP contribution in [-0.4, -0.2) is 85.2 Å². The number of H-pyrrole nitrogens is 2. The van der Waals surface area contributed by atoms with Crippen molar-refractivity contribution in [1.29, 1.82) is 0 Å². The number of aromatic nitrogens is 3. The zero-order chi connectivity index (χ0) is 26.3. The Morgan fingerprint density at radius 2 is 1.79 bits per heavy atom. The Kier molecular flexibility index (Phi) is 6.82. The minimum absolute atomic E-state index is 0.267. The number of piperazine rings is 1. The van der Waals surface area contributed by atoms with Crippen molar-refractivity contribution in [2.75, 3.05) is 62.7 Å². The van der Waals surface area contributed by atoms with Crippen LogP contribution in [-0.2, 0) is 14.8 Å². The van der Waals surface area contributed by atoms with Gasteiger partial charge in [-0.05, 0) is 54.7 Å². The second-order valence-electron chi connectivity index (χ2n) is 9.23. The predicted octanol–water partition coefficient (Wildman–Crippen LogP) is 2.72. The van der Waals surface area contributed by atoms with Gasteiger partial charge in [0.1, 0.15) is 5.39 Å². The summed E-state index contributed by atoms with van der Waals surface area (Å²) in [5.74, 6) is 0.999. The number of hydrogen-bond acceptors (Lipinski definition) is 6. The van der Waals surface area contributed by atoms with Crippen molar-refractivity contribution in [3.8, 4) is 0 Å². The molecule has 0 radical (unpaired) electrons. The first kappa shape index (κ1) is 25.3. The summed E-state index contributed by atoms with van der Waals surface area (Å²) in [6.07, 6.45) is 1.70. The summed E-state index contributed by atoms with van der Waals surface area (Å²) in [5, 5.41) is 6.60. The van der Waals surface area contributed by atoms with E-state index in [1.165, 1.54) is 4.31 Å². The standard InChI is InChI=1S/C25H26ClN7O3S2/c26-17-1-6-21-20(15-17)22-23(30-21)27-16-28-24(22)31-7-9-32(10-8-31)25(37)29-18-2-4-19(5-3-18)38(34,35)33-11-13-36-14-12-33/h1-6,15-16H,7-14H2,(H,29,37)(H,27,28,30)/p+1. The maximum atomic E-state index is 12.9. The number of benzene rings is 2. The van der Waals surface area contributed by atoms with Crippen molar-refractivity contribution in [2.24, 2.45) is 0 Å². The number of fused-ring (bicyclic) bond motifs is 3. The first-order valence-corrected chi connectivity index (χ1v) is 14.6. The highest BCUT2D eigenvalue weighted by atomic mass is 35.5. The zero-order valence-corrected chi connectivity index (χ0v) is 22.9. The molecule has 38 heavy (non-hydrogen) atoms. The van der Waals surface area contributed by atoms with Crippen molar-refractivity contribution in [3.63, 3.8) is 0 Å². The number of nitrogens with zero attached hydrogens (tertiary/aromatic N) is 4. The molecule has 3 N–H and O–H groups in total. The van der Waals surface area contributed by atoms with E-state index in [0.717, 1.165) is 59.6 Å². The monoisotopic (exact) mass is 572 g/mol. The fourth-order valence-corrected chi connectivity index (χ4v) is 6.83. The van der Waals surface area contributed by atoms with Crippen LogP contribution in [0.3, 0.4) is 0 Å². The highest BCUT2D eigenvalue weighted by molar-refractivity contribution is 7.89. The Morgan fingerprint density at radius 1 is 1.05 bits per heavy atom. The molecule has 6 rings (SSSR count). The molecule has 2 aliphatic rings. The predicted molar refractivity (Wildman–Crippen MR) is 151 cm³/mol. The van der Waals surface area contributed by atoms with Crippen molar-refractivity contribution < 1.29 is 18.1 Å². The molecule has 13 heteroatoms. The Bertz CT molecular complexity index is 1600. The van der Waals surface area contributed by atoms with Gasteiger partial charge in [-0.25, -0.2) is 13.4 Å². The van der Waals surface area contributed by atoms with Gasteiger partial charge < -0.3 is 19.9 Å². The number of thiocarbonyl (C=S) groups is 1. The summed E-state index contributed by atoms with van der Waals surface area (Å²) >= 11 is 12.0. The Morgan fingerprint density at radius 3 is 2.53 bits per heavy atom. The topological polar surface area (TPSA) is 108 Å². The fraction of sp³-hybridized carbons (Fsp3) is 0.320. The summed E-state index contributed by atoms with van der Waals surface area (Å²) in [4.78, 5) is 15.9. The first-order chi connectivity index (χ1) is 18.4. The summed E-state index contributed by atoms with van der Waals surface area (Å²) in [5.41, 5.74) is 2.55. The third kappa shape index (κ3) is 4.78. The van der Waals surface area contributed by atoms with E-state index in [2.05, 4.69) is 30.1 Å². The Hall–Kier alpha value is -3.03. The van der Waals surface area contributed by atoms with Gasteiger partial charge in [0.25, 0.3) is 0 Å². The van der Waals surface area contributed by atoms with Gasteiger partial charge in [0.15, 0.2) is 5.11 Å². The zero-order valence-electron chi connectivity index (χ0n) is 20.5. The van der Waals surface area contributed by atoms with Gasteiger partial charge in [-0.1, -0.05) is 16.6 Å². The molecule has 4 heterocycles. The summed E-state index contributed by atoms with van der Waals surface area (Å²) in [6.45, 7) is 4.57. The average Bonchev–Trinajstić information content (AvgIpc) is 3.32. The number of hydrogen-bond donors (Lipinski definition) is 2. The molecule has 0 amide bonds. The highest BCUT2D eigenvalue weighted by Crippen LogP contribution is 2.31. The average molecular weight is 573 g/mol. The lowest BCUT2D eigenvalue weighted by atomic mass is 10.2. The Balaban J connectivity index is 1.11. The number of rotatable bonds is 4. The molecular formula is C25H27ClN7O3S2+. The lowest BCUT2D eigenvalue weighted by Gasteiger charge is -2.34. The molecular weight excluding hydrogens is 546 g/mol. The highest BCUT2D eigenvalue weighted by Gasteiger charge is 2.28. The molecule has 2 aliphatic heterocycles. The smallest absolute Gasteiger partial charge is 0.243 e. The van der Waals surface area contributed by atoms with Crippen LogP contribution in [0.25, 0.3) is 21.9 Å². The summed E-state index contributed by atoms with van der Waals surface area (Å²) in [6, 6.07) is 12.5. The molecule has 0 atom stereocenters. The van der Waals surface area contributed by atoms with E-state index in [0.29, 0.717) is 36.4 Å². The van der Waals surface area contributed by atoms with E-state index in [9.17, 15) is 8.42 Å². The number of halogens is 1. The van der Waals surface area contributed by atoms with Crippen LogP contribution >= 0.6 is 23.8 Å². The van der Waals surface area contributed by atoms with Crippen LogP contribution in [0.1, 0.15) is 0 Å². The Labute approximate surface area is 230 Å². The van der Waals surface area contributed by atoms with Gasteiger partial charge in [-0.3, -0.25) is 4.90 Å². The lowest BCUT2D eigenvalue weighted by molar-refractivity contribution is -0.367. The molecule has 0 unspecified atom stereocenters. The molecule has 2 fully saturated rings. The van der Waals surface area contributed by atoms with Crippen molar-refractivity contribution >= 4 is 72.4 Å². The van der Waals surface area contributed by atoms with Crippen LogP contribution < -0.4 is 15.2 Å². The van der Waals surface area contributed by atoms with Crippen LogP contribution in [0.2, 0.25) is 5.02 Å². The third-order valence-electron chi connectivity index (χ3n) is 6.97. The number of ether oxygens (including phenoxy) is 1. The van der Waals surface area contributed by atoms with E-state index < -0.39 is 10.0 Å². The minimum Gasteiger partial charge on any atom is -0.379 e. The molecule has 0 bridgehead atoms. The SMILES string of the molecule is O=S(=O)(c1ccc(NC(=S)N2CCN(c3[nH+]cnc4[nH]c5ccc(Cl)cc5c34)CC2)cc1)N1CCOCC1. The first-order valence-electron chi connectivity index (χ1n) is 12.4. The van der Waals surface area contributed by atoms with Crippen LogP contribution in [0, 0.1) is 0 Å². The number of sulfonamides is 1. The number of nitrogens with one attached hydrogen (secondary N) is 3. The summed E-state index contributed by atoms with van der Waals surface area (Å²) < 4.78 is 32.5. The largest absolute Gasteiger partial charge is 0.379 e. The van der Waals surface area contributed by atoms with E-state index in [-0.39, 0.29) is 4.90 Å². The minimum atomic E-state index is -3.53. The van der Waals surface area contributed by atoms with Crippen LogP contribution in [0.4, 0.5) is 11.5 Å². The van der Waals surface area contributed by atoms with Gasteiger partial charge in [0.2, 0.25) is 27.8 Å². The van der Waals surface area contributed by atoms with E-state index in [1.54, 1.807) is 30.6 Å². The fourth-order valence-electron chi connectivity index (χ4n) is 4.95. The maximum Gasteiger partial charge on any atom is 0.243 e. The molecule has 0 aliphatic carbocycles. The van der Waals surface area contributed by atoms with Gasteiger partial charge >= 0.3 is 0 Å². The molecule has 2 aromatic carbocycles. The van der Waals surface area contributed by atoms with Crippen molar-refractivity contribution in [1.82, 2.24) is 19.2 Å².